The van der Waals surface area contributed by atoms with E-state index >= 15 is 0 Å². The standard InChI is InChI=1S/C25H29ClN8O2/c1-18-2-5-20(16-22(18)26)28-23-29-24(31-25(30-23)34-10-14-36-15-11-34)32-27-17-19-3-6-21(7-4-19)33-8-12-35-13-9-33/h2-7,16-17H,8-15H2,1H3,(H2,28,29,30,31,32)/b27-17-. The molecule has 2 saturated heterocycles. The van der Waals surface area contributed by atoms with Gasteiger partial charge < -0.3 is 24.6 Å². The molecular weight excluding hydrogens is 480 g/mol. The molecule has 36 heavy (non-hydrogen) atoms. The summed E-state index contributed by atoms with van der Waals surface area (Å²) in [5.74, 6) is 1.30. The van der Waals surface area contributed by atoms with Crippen molar-refractivity contribution in [1.29, 1.82) is 0 Å². The molecule has 5 rings (SSSR count). The van der Waals surface area contributed by atoms with E-state index in [9.17, 15) is 0 Å². The molecule has 0 spiro atoms. The van der Waals surface area contributed by atoms with Crippen LogP contribution in [0.4, 0.5) is 29.2 Å². The quantitative estimate of drug-likeness (QED) is 0.365. The van der Waals surface area contributed by atoms with Gasteiger partial charge in [0.2, 0.25) is 17.8 Å². The van der Waals surface area contributed by atoms with Crippen LogP contribution < -0.4 is 20.5 Å². The van der Waals surface area contributed by atoms with Crippen LogP contribution in [0.3, 0.4) is 0 Å². The molecule has 10 nitrogen and oxygen atoms in total. The second kappa shape index (κ2) is 11.5. The zero-order valence-electron chi connectivity index (χ0n) is 20.2. The Balaban J connectivity index is 1.31. The summed E-state index contributed by atoms with van der Waals surface area (Å²) in [5.41, 5.74) is 6.90. The van der Waals surface area contributed by atoms with Crippen molar-refractivity contribution in [3.05, 3.63) is 58.6 Å². The van der Waals surface area contributed by atoms with Gasteiger partial charge in [0, 0.05) is 42.6 Å². The van der Waals surface area contributed by atoms with Crippen molar-refractivity contribution in [3.63, 3.8) is 0 Å². The molecule has 0 saturated carbocycles. The first-order chi connectivity index (χ1) is 17.6. The lowest BCUT2D eigenvalue weighted by Gasteiger charge is -2.28. The Kier molecular flexibility index (Phi) is 7.75. The number of hydrogen-bond acceptors (Lipinski definition) is 10. The van der Waals surface area contributed by atoms with Gasteiger partial charge in [-0.3, -0.25) is 0 Å². The van der Waals surface area contributed by atoms with E-state index < -0.39 is 0 Å². The number of hydrogen-bond donors (Lipinski definition) is 2. The summed E-state index contributed by atoms with van der Waals surface area (Å²) in [4.78, 5) is 18.1. The second-order valence-electron chi connectivity index (χ2n) is 8.53. The maximum absolute atomic E-state index is 6.29. The largest absolute Gasteiger partial charge is 0.378 e. The van der Waals surface area contributed by atoms with E-state index in [0.717, 1.165) is 43.1 Å². The predicted molar refractivity (Wildman–Crippen MR) is 143 cm³/mol. The third kappa shape index (κ3) is 6.20. The summed E-state index contributed by atoms with van der Waals surface area (Å²) in [6.07, 6.45) is 1.74. The monoisotopic (exact) mass is 508 g/mol. The lowest BCUT2D eigenvalue weighted by Crippen LogP contribution is -2.37. The first-order valence-electron chi connectivity index (χ1n) is 12.0. The highest BCUT2D eigenvalue weighted by atomic mass is 35.5. The minimum absolute atomic E-state index is 0.341. The van der Waals surface area contributed by atoms with Crippen molar-refractivity contribution < 1.29 is 9.47 Å². The Morgan fingerprint density at radius 2 is 1.53 bits per heavy atom. The van der Waals surface area contributed by atoms with Gasteiger partial charge in [0.15, 0.2) is 0 Å². The lowest BCUT2D eigenvalue weighted by atomic mass is 10.2. The fourth-order valence-corrected chi connectivity index (χ4v) is 4.11. The Bertz CT molecular complexity index is 1200. The van der Waals surface area contributed by atoms with E-state index in [1.165, 1.54) is 5.69 Å². The van der Waals surface area contributed by atoms with Crippen LogP contribution in [0.25, 0.3) is 0 Å². The van der Waals surface area contributed by atoms with Crippen molar-refractivity contribution in [2.75, 3.05) is 73.1 Å². The van der Waals surface area contributed by atoms with Crippen LogP contribution in [0.2, 0.25) is 5.02 Å². The Labute approximate surface area is 215 Å². The zero-order chi connectivity index (χ0) is 24.7. The van der Waals surface area contributed by atoms with Gasteiger partial charge in [0.05, 0.1) is 32.6 Å². The molecule has 0 unspecified atom stereocenters. The van der Waals surface area contributed by atoms with E-state index in [0.29, 0.717) is 49.2 Å². The molecule has 2 fully saturated rings. The fourth-order valence-electron chi connectivity index (χ4n) is 3.93. The van der Waals surface area contributed by atoms with Gasteiger partial charge in [0.25, 0.3) is 0 Å². The van der Waals surface area contributed by atoms with Gasteiger partial charge in [-0.2, -0.15) is 20.1 Å². The SMILES string of the molecule is Cc1ccc(Nc2nc(N/N=C\c3ccc(N4CCOCC4)cc3)nc(N3CCOCC3)n2)cc1Cl. The molecule has 2 aliphatic heterocycles. The van der Waals surface area contributed by atoms with Gasteiger partial charge in [-0.05, 0) is 42.3 Å². The van der Waals surface area contributed by atoms with E-state index in [1.54, 1.807) is 6.21 Å². The van der Waals surface area contributed by atoms with Crippen LogP contribution in [0, 0.1) is 6.92 Å². The number of aryl methyl sites for hydroxylation is 1. The molecule has 0 atom stereocenters. The fraction of sp³-hybridized carbons (Fsp3) is 0.360. The second-order valence-corrected chi connectivity index (χ2v) is 8.94. The molecule has 0 aliphatic carbocycles. The molecule has 11 heteroatoms. The summed E-state index contributed by atoms with van der Waals surface area (Å²) < 4.78 is 10.9. The number of nitrogens with zero attached hydrogens (tertiary/aromatic N) is 6. The van der Waals surface area contributed by atoms with Crippen molar-refractivity contribution >= 4 is 47.0 Å². The Hall–Kier alpha value is -3.47. The Morgan fingerprint density at radius 1 is 0.861 bits per heavy atom. The molecule has 2 aromatic carbocycles. The molecule has 3 heterocycles. The first kappa shape index (κ1) is 24.2. The molecule has 2 N–H and O–H groups in total. The Morgan fingerprint density at radius 3 is 2.22 bits per heavy atom. The van der Waals surface area contributed by atoms with Gasteiger partial charge in [-0.1, -0.05) is 29.8 Å². The first-order valence-corrected chi connectivity index (χ1v) is 12.4. The van der Waals surface area contributed by atoms with E-state index in [1.807, 2.05) is 37.3 Å². The van der Waals surface area contributed by atoms with Crippen LogP contribution in [-0.4, -0.2) is 73.8 Å². The minimum Gasteiger partial charge on any atom is -0.378 e. The highest BCUT2D eigenvalue weighted by molar-refractivity contribution is 6.31. The highest BCUT2D eigenvalue weighted by Crippen LogP contribution is 2.23. The molecule has 0 radical (unpaired) electrons. The number of halogens is 1. The number of hydrazone groups is 1. The molecule has 0 amide bonds. The third-order valence-corrected chi connectivity index (χ3v) is 6.40. The van der Waals surface area contributed by atoms with Crippen molar-refractivity contribution in [3.8, 4) is 0 Å². The summed E-state index contributed by atoms with van der Waals surface area (Å²) in [7, 11) is 0. The summed E-state index contributed by atoms with van der Waals surface area (Å²) in [6, 6.07) is 14.0. The summed E-state index contributed by atoms with van der Waals surface area (Å²) in [5, 5.41) is 8.26. The van der Waals surface area contributed by atoms with Crippen LogP contribution in [-0.2, 0) is 9.47 Å². The van der Waals surface area contributed by atoms with Gasteiger partial charge in [-0.25, -0.2) is 5.43 Å². The number of aromatic nitrogens is 3. The molecular formula is C25H29ClN8O2. The maximum Gasteiger partial charge on any atom is 0.250 e. The molecule has 188 valence electrons. The van der Waals surface area contributed by atoms with E-state index in [-0.39, 0.29) is 0 Å². The summed E-state index contributed by atoms with van der Waals surface area (Å²) in [6.45, 7) is 7.97. The number of anilines is 5. The third-order valence-electron chi connectivity index (χ3n) is 5.99. The predicted octanol–water partition coefficient (Wildman–Crippen LogP) is 3.70. The van der Waals surface area contributed by atoms with Gasteiger partial charge >= 0.3 is 0 Å². The van der Waals surface area contributed by atoms with Crippen LogP contribution >= 0.6 is 11.6 Å². The van der Waals surface area contributed by atoms with Crippen molar-refractivity contribution in [2.24, 2.45) is 5.10 Å². The number of benzene rings is 2. The van der Waals surface area contributed by atoms with Gasteiger partial charge in [-0.15, -0.1) is 0 Å². The molecule has 2 aliphatic rings. The maximum atomic E-state index is 6.29. The zero-order valence-corrected chi connectivity index (χ0v) is 20.9. The number of ether oxygens (including phenoxy) is 2. The molecule has 0 bridgehead atoms. The highest BCUT2D eigenvalue weighted by Gasteiger charge is 2.17. The lowest BCUT2D eigenvalue weighted by molar-refractivity contribution is 0.122. The average molecular weight is 509 g/mol. The molecule has 3 aromatic rings. The normalized spacial score (nSPS) is 16.4. The van der Waals surface area contributed by atoms with Crippen LogP contribution in [0.5, 0.6) is 0 Å². The van der Waals surface area contributed by atoms with E-state index in [2.05, 4.69) is 52.7 Å². The van der Waals surface area contributed by atoms with E-state index in [4.69, 9.17) is 21.1 Å². The minimum atomic E-state index is 0.341. The van der Waals surface area contributed by atoms with Crippen LogP contribution in [0.1, 0.15) is 11.1 Å². The topological polar surface area (TPSA) is 100 Å². The van der Waals surface area contributed by atoms with Crippen molar-refractivity contribution in [2.45, 2.75) is 6.92 Å². The van der Waals surface area contributed by atoms with Crippen LogP contribution in [0.15, 0.2) is 47.6 Å². The smallest absolute Gasteiger partial charge is 0.250 e. The molecule has 1 aromatic heterocycles. The average Bonchev–Trinajstić information content (AvgIpc) is 2.92. The summed E-state index contributed by atoms with van der Waals surface area (Å²) >= 11 is 6.29. The number of nitrogens with one attached hydrogen (secondary N) is 2. The number of rotatable bonds is 7. The van der Waals surface area contributed by atoms with Crippen molar-refractivity contribution in [1.82, 2.24) is 15.0 Å². The van der Waals surface area contributed by atoms with Gasteiger partial charge in [0.1, 0.15) is 0 Å². The number of morpholine rings is 2.